The molecule has 0 N–H and O–H groups in total. The third-order valence-corrected chi connectivity index (χ3v) is 4.91. The number of hydrogen-bond donors (Lipinski definition) is 0. The average Bonchev–Trinajstić information content (AvgIpc) is 2.80. The number of nitriles is 1. The van der Waals surface area contributed by atoms with Crippen molar-refractivity contribution in [2.75, 3.05) is 0 Å². The normalized spacial score (nSPS) is 17.6. The highest BCUT2D eigenvalue weighted by Gasteiger charge is 2.51. The highest BCUT2D eigenvalue weighted by atomic mass is 19.1. The fourth-order valence-corrected chi connectivity index (χ4v) is 2.75. The molecule has 0 amide bonds. The van der Waals surface area contributed by atoms with Gasteiger partial charge in [0.2, 0.25) is 0 Å². The van der Waals surface area contributed by atoms with Crippen LogP contribution in [0.1, 0.15) is 38.8 Å². The molecule has 0 unspecified atom stereocenters. The van der Waals surface area contributed by atoms with E-state index >= 15 is 0 Å². The molecule has 0 spiro atoms. The van der Waals surface area contributed by atoms with Crippen LogP contribution in [-0.2, 0) is 15.9 Å². The van der Waals surface area contributed by atoms with Gasteiger partial charge in [-0.05, 0) is 69.1 Å². The summed E-state index contributed by atoms with van der Waals surface area (Å²) in [5.41, 5.74) is 0.0971. The van der Waals surface area contributed by atoms with E-state index in [1.807, 2.05) is 33.8 Å². The molecule has 1 saturated heterocycles. The van der Waals surface area contributed by atoms with E-state index < -0.39 is 30.0 Å². The largest absolute Gasteiger partial charge is 0.495 e. The SMILES string of the molecule is CC1(C)OB(c2cc(F)cc(OCc3cc(F)cc(C#N)c3)c2)OC1(C)C. The van der Waals surface area contributed by atoms with Crippen molar-refractivity contribution in [1.29, 1.82) is 5.26 Å². The quantitative estimate of drug-likeness (QED) is 0.769. The Balaban J connectivity index is 1.79. The van der Waals surface area contributed by atoms with E-state index in [0.717, 1.165) is 6.07 Å². The first-order valence-electron chi connectivity index (χ1n) is 8.58. The summed E-state index contributed by atoms with van der Waals surface area (Å²) in [5.74, 6) is -0.749. The summed E-state index contributed by atoms with van der Waals surface area (Å²) < 4.78 is 45.1. The molecule has 0 aromatic heterocycles. The van der Waals surface area contributed by atoms with Gasteiger partial charge in [0.25, 0.3) is 0 Å². The number of ether oxygens (including phenoxy) is 1. The smallest absolute Gasteiger partial charge is 0.489 e. The molecule has 4 nitrogen and oxygen atoms in total. The van der Waals surface area contributed by atoms with Gasteiger partial charge in [0.1, 0.15) is 24.0 Å². The minimum Gasteiger partial charge on any atom is -0.489 e. The minimum atomic E-state index is -0.715. The fourth-order valence-electron chi connectivity index (χ4n) is 2.75. The topological polar surface area (TPSA) is 51.5 Å². The van der Waals surface area contributed by atoms with Crippen LogP contribution in [0.2, 0.25) is 0 Å². The molecule has 0 saturated carbocycles. The zero-order valence-corrected chi connectivity index (χ0v) is 15.7. The molecule has 1 aliphatic rings. The van der Waals surface area contributed by atoms with Crippen LogP contribution in [0.25, 0.3) is 0 Å². The van der Waals surface area contributed by atoms with Gasteiger partial charge in [0, 0.05) is 6.07 Å². The Morgan fingerprint density at radius 1 is 0.963 bits per heavy atom. The highest BCUT2D eigenvalue weighted by Crippen LogP contribution is 2.36. The van der Waals surface area contributed by atoms with Crippen molar-refractivity contribution >= 4 is 12.6 Å². The van der Waals surface area contributed by atoms with E-state index in [0.29, 0.717) is 11.0 Å². The molecule has 7 heteroatoms. The van der Waals surface area contributed by atoms with Gasteiger partial charge < -0.3 is 14.0 Å². The molecular formula is C20H20BF2NO3. The van der Waals surface area contributed by atoms with Crippen molar-refractivity contribution in [1.82, 2.24) is 0 Å². The van der Waals surface area contributed by atoms with Crippen molar-refractivity contribution in [3.63, 3.8) is 0 Å². The number of rotatable bonds is 4. The summed E-state index contributed by atoms with van der Waals surface area (Å²) in [6, 6.07) is 10.0. The summed E-state index contributed by atoms with van der Waals surface area (Å²) >= 11 is 0. The molecule has 1 fully saturated rings. The van der Waals surface area contributed by atoms with E-state index in [9.17, 15) is 8.78 Å². The maximum absolute atomic E-state index is 14.1. The van der Waals surface area contributed by atoms with Gasteiger partial charge in [0.15, 0.2) is 0 Å². The van der Waals surface area contributed by atoms with E-state index in [-0.39, 0.29) is 17.9 Å². The van der Waals surface area contributed by atoms with Crippen LogP contribution in [0.4, 0.5) is 8.78 Å². The maximum Gasteiger partial charge on any atom is 0.495 e. The summed E-state index contributed by atoms with van der Waals surface area (Å²) in [6.07, 6.45) is 0. The Hall–Kier alpha value is -2.43. The second-order valence-electron chi connectivity index (χ2n) is 7.56. The molecule has 2 aromatic carbocycles. The lowest BCUT2D eigenvalue weighted by Crippen LogP contribution is -2.41. The van der Waals surface area contributed by atoms with Gasteiger partial charge in [-0.3, -0.25) is 0 Å². The lowest BCUT2D eigenvalue weighted by molar-refractivity contribution is 0.00578. The van der Waals surface area contributed by atoms with E-state index in [4.69, 9.17) is 19.3 Å². The molecule has 0 bridgehead atoms. The van der Waals surface area contributed by atoms with Gasteiger partial charge in [-0.25, -0.2) is 8.78 Å². The van der Waals surface area contributed by atoms with Crippen molar-refractivity contribution < 1.29 is 22.8 Å². The maximum atomic E-state index is 14.1. The van der Waals surface area contributed by atoms with Crippen molar-refractivity contribution in [2.45, 2.75) is 45.5 Å². The summed E-state index contributed by atoms with van der Waals surface area (Å²) in [6.45, 7) is 7.67. The first-order chi connectivity index (χ1) is 12.6. The van der Waals surface area contributed by atoms with Crippen LogP contribution in [-0.4, -0.2) is 18.3 Å². The van der Waals surface area contributed by atoms with Crippen LogP contribution in [0.5, 0.6) is 5.75 Å². The Kier molecular flexibility index (Phi) is 4.98. The molecular weight excluding hydrogens is 351 g/mol. The van der Waals surface area contributed by atoms with Gasteiger partial charge >= 0.3 is 7.12 Å². The number of halogens is 2. The summed E-state index contributed by atoms with van der Waals surface area (Å²) in [7, 11) is -0.715. The zero-order valence-electron chi connectivity index (χ0n) is 15.7. The molecule has 0 radical (unpaired) electrons. The first kappa shape index (κ1) is 19.3. The molecule has 3 rings (SSSR count). The second kappa shape index (κ2) is 6.95. The van der Waals surface area contributed by atoms with Crippen molar-refractivity contribution in [2.24, 2.45) is 0 Å². The predicted octanol–water partition coefficient (Wildman–Crippen LogP) is 3.71. The second-order valence-corrected chi connectivity index (χ2v) is 7.56. The standard InChI is InChI=1S/C20H20BF2NO3/c1-19(2)20(3,4)27-21(26-19)15-8-17(23)10-18(9-15)25-12-14-5-13(11-24)6-16(22)7-14/h5-10H,12H2,1-4H3. The Labute approximate surface area is 157 Å². The lowest BCUT2D eigenvalue weighted by atomic mass is 9.79. The van der Waals surface area contributed by atoms with Gasteiger partial charge in [0.05, 0.1) is 22.8 Å². The minimum absolute atomic E-state index is 0.00129. The number of nitrogens with zero attached hydrogens (tertiary/aromatic N) is 1. The number of benzene rings is 2. The molecule has 1 heterocycles. The van der Waals surface area contributed by atoms with Crippen LogP contribution in [0, 0.1) is 23.0 Å². The molecule has 2 aromatic rings. The third-order valence-electron chi connectivity index (χ3n) is 4.91. The van der Waals surface area contributed by atoms with Gasteiger partial charge in [-0.1, -0.05) is 0 Å². The van der Waals surface area contributed by atoms with E-state index in [1.165, 1.54) is 24.3 Å². The van der Waals surface area contributed by atoms with E-state index in [2.05, 4.69) is 0 Å². The van der Waals surface area contributed by atoms with Gasteiger partial charge in [-0.15, -0.1) is 0 Å². The monoisotopic (exact) mass is 371 g/mol. The van der Waals surface area contributed by atoms with Crippen molar-refractivity contribution in [3.8, 4) is 11.8 Å². The zero-order chi connectivity index (χ0) is 19.8. The fraction of sp³-hybridized carbons (Fsp3) is 0.350. The van der Waals surface area contributed by atoms with Crippen LogP contribution < -0.4 is 10.2 Å². The third kappa shape index (κ3) is 4.13. The van der Waals surface area contributed by atoms with Crippen molar-refractivity contribution in [3.05, 3.63) is 59.2 Å². The summed E-state index contributed by atoms with van der Waals surface area (Å²) in [5, 5.41) is 8.92. The Morgan fingerprint density at radius 2 is 1.59 bits per heavy atom. The Bertz CT molecular complexity index is 893. The molecule has 140 valence electrons. The molecule has 0 atom stereocenters. The molecule has 27 heavy (non-hydrogen) atoms. The Morgan fingerprint density at radius 3 is 2.22 bits per heavy atom. The predicted molar refractivity (Wildman–Crippen MR) is 97.6 cm³/mol. The highest BCUT2D eigenvalue weighted by molar-refractivity contribution is 6.62. The summed E-state index contributed by atoms with van der Waals surface area (Å²) in [4.78, 5) is 0. The van der Waals surface area contributed by atoms with E-state index in [1.54, 1.807) is 6.07 Å². The van der Waals surface area contributed by atoms with Crippen LogP contribution in [0.15, 0.2) is 36.4 Å². The molecule has 1 aliphatic heterocycles. The lowest BCUT2D eigenvalue weighted by Gasteiger charge is -2.32. The molecule has 0 aliphatic carbocycles. The van der Waals surface area contributed by atoms with Gasteiger partial charge in [-0.2, -0.15) is 5.26 Å². The number of hydrogen-bond acceptors (Lipinski definition) is 4. The van der Waals surface area contributed by atoms with Crippen LogP contribution >= 0.6 is 0 Å². The first-order valence-corrected chi connectivity index (χ1v) is 8.58. The average molecular weight is 371 g/mol. The van der Waals surface area contributed by atoms with Crippen LogP contribution in [0.3, 0.4) is 0 Å².